The number of carbonyl (C=O) groups is 4. The molecule has 0 aliphatic heterocycles. The highest BCUT2D eigenvalue weighted by Gasteiger charge is 2.26. The quantitative estimate of drug-likeness (QED) is 0.203. The van der Waals surface area contributed by atoms with Crippen LogP contribution in [-0.2, 0) is 28.6 Å². The summed E-state index contributed by atoms with van der Waals surface area (Å²) >= 11 is 0. The Morgan fingerprint density at radius 2 is 1.77 bits per heavy atom. The summed E-state index contributed by atoms with van der Waals surface area (Å²) in [5.41, 5.74) is 5.84. The fraction of sp³-hybridized carbons (Fsp3) is 0.688. The largest absolute Gasteiger partial charge is 0.461 e. The summed E-state index contributed by atoms with van der Waals surface area (Å²) in [4.78, 5) is 49.6. The number of ether oxygens (including phenoxy) is 3. The van der Waals surface area contributed by atoms with Crippen molar-refractivity contribution in [3.05, 3.63) is 0 Å². The summed E-state index contributed by atoms with van der Waals surface area (Å²) in [5, 5.41) is 2.26. The highest BCUT2D eigenvalue weighted by molar-refractivity contribution is 6.25. The van der Waals surface area contributed by atoms with Crippen molar-refractivity contribution in [2.45, 2.75) is 59.6 Å². The average Bonchev–Trinajstić information content (AvgIpc) is 2.49. The minimum atomic E-state index is -1.13. The Labute approximate surface area is 151 Å². The normalized spacial score (nSPS) is 11.8. The van der Waals surface area contributed by atoms with E-state index >= 15 is 0 Å². The van der Waals surface area contributed by atoms with E-state index < -0.39 is 48.2 Å². The van der Waals surface area contributed by atoms with Gasteiger partial charge >= 0.3 is 24.2 Å². The highest BCUT2D eigenvalue weighted by Crippen LogP contribution is 2.14. The van der Waals surface area contributed by atoms with Crippen molar-refractivity contribution in [1.29, 1.82) is 5.53 Å². The zero-order valence-corrected chi connectivity index (χ0v) is 15.7. The zero-order chi connectivity index (χ0) is 20.3. The first-order chi connectivity index (χ1) is 12.0. The second kappa shape index (κ2) is 11.0. The molecule has 1 atom stereocenters. The molecule has 0 aliphatic carbocycles. The average molecular weight is 372 g/mol. The number of amides is 1. The lowest BCUT2D eigenvalue weighted by atomic mass is 9.98. The molecule has 26 heavy (non-hydrogen) atoms. The van der Waals surface area contributed by atoms with E-state index in [1.54, 1.807) is 34.6 Å². The smallest absolute Gasteiger partial charge is 0.410 e. The van der Waals surface area contributed by atoms with Crippen LogP contribution in [0.25, 0.3) is 0 Å². The maximum Gasteiger partial charge on any atom is 0.410 e. The molecule has 0 bridgehead atoms. The van der Waals surface area contributed by atoms with Gasteiger partial charge in [-0.15, -0.1) is 0 Å². The van der Waals surface area contributed by atoms with Crippen molar-refractivity contribution >= 4 is 30.0 Å². The van der Waals surface area contributed by atoms with Gasteiger partial charge < -0.3 is 19.5 Å². The van der Waals surface area contributed by atoms with Crippen LogP contribution in [0.3, 0.4) is 0 Å². The van der Waals surface area contributed by atoms with Crippen LogP contribution in [0.1, 0.15) is 47.5 Å². The van der Waals surface area contributed by atoms with Gasteiger partial charge in [0.2, 0.25) is 12.6 Å². The molecule has 0 rings (SSSR count). The summed E-state index contributed by atoms with van der Waals surface area (Å²) in [7, 11) is 0. The van der Waals surface area contributed by atoms with Crippen LogP contribution in [0.5, 0.6) is 0 Å². The molecule has 0 spiro atoms. The van der Waals surface area contributed by atoms with E-state index in [2.05, 4.69) is 10.1 Å². The Hall–Kier alpha value is -2.74. The number of nitrogens with zero attached hydrogens (tertiary/aromatic N) is 1. The second-order valence-electron chi connectivity index (χ2n) is 6.68. The summed E-state index contributed by atoms with van der Waals surface area (Å²) in [6.45, 7) is 7.59. The molecule has 0 aliphatic rings. The Balaban J connectivity index is 4.66. The number of hydrogen-bond acceptors (Lipinski definition) is 8. The Morgan fingerprint density at radius 3 is 2.27 bits per heavy atom. The Morgan fingerprint density at radius 1 is 1.15 bits per heavy atom. The van der Waals surface area contributed by atoms with E-state index in [0.717, 1.165) is 6.21 Å². The third kappa shape index (κ3) is 10.2. The molecule has 0 fully saturated rings. The molecule has 10 heteroatoms. The van der Waals surface area contributed by atoms with Gasteiger partial charge in [0, 0.05) is 6.42 Å². The number of Topliss-reactive ketones (excluding diaryl/α,β-unsaturated/α-hetero) is 1. The predicted octanol–water partition coefficient (Wildman–Crippen LogP) is 1.24. The van der Waals surface area contributed by atoms with E-state index in [4.69, 9.17) is 19.7 Å². The fourth-order valence-electron chi connectivity index (χ4n) is 1.52. The van der Waals surface area contributed by atoms with Crippen molar-refractivity contribution in [1.82, 2.24) is 5.32 Å². The monoisotopic (exact) mass is 372 g/mol. The van der Waals surface area contributed by atoms with Gasteiger partial charge in [-0.2, -0.15) is 0 Å². The van der Waals surface area contributed by atoms with Crippen LogP contribution >= 0.6 is 0 Å². The van der Waals surface area contributed by atoms with Crippen LogP contribution in [0.15, 0.2) is 0 Å². The lowest BCUT2D eigenvalue weighted by Gasteiger charge is -2.19. The number of ketones is 1. The second-order valence-corrected chi connectivity index (χ2v) is 6.68. The van der Waals surface area contributed by atoms with Gasteiger partial charge in [0.25, 0.3) is 0 Å². The number of carbonyl (C=O) groups excluding carboxylic acids is 4. The van der Waals surface area contributed by atoms with Gasteiger partial charge in [-0.3, -0.25) is 9.59 Å². The van der Waals surface area contributed by atoms with Gasteiger partial charge in [-0.05, 0) is 41.0 Å². The van der Waals surface area contributed by atoms with E-state index in [1.807, 2.05) is 0 Å². The minimum absolute atomic E-state index is 0.0622. The molecule has 0 aromatic carbocycles. The maximum atomic E-state index is 12.0. The molecule has 0 aromatic heterocycles. The molecule has 1 amide bonds. The van der Waals surface area contributed by atoms with Crippen molar-refractivity contribution in [3.63, 3.8) is 0 Å². The van der Waals surface area contributed by atoms with Gasteiger partial charge in [0.15, 0.2) is 0 Å². The standard InChI is InChI=1S/C16H25N3O7/c1-10(2)26-13(21)12(7-6-11(20)8-18-17)19-15(23)25-9-24-14(22)16(3,4)5/h8,10,12,17H,6-7,9H2,1-5H3/p+1/t12-/m0/s1. The van der Waals surface area contributed by atoms with Gasteiger partial charge in [-0.25, -0.2) is 9.59 Å². The first kappa shape index (κ1) is 23.3. The summed E-state index contributed by atoms with van der Waals surface area (Å²) in [6, 6.07) is -1.13. The number of alkyl carbamates (subject to hydrolysis) is 1. The Kier molecular flexibility index (Phi) is 9.83. The van der Waals surface area contributed by atoms with Gasteiger partial charge in [-0.1, -0.05) is 0 Å². The minimum Gasteiger partial charge on any atom is -0.461 e. The molecule has 0 heterocycles. The van der Waals surface area contributed by atoms with Gasteiger partial charge in [0.1, 0.15) is 6.04 Å². The molecule has 0 aromatic rings. The van der Waals surface area contributed by atoms with Crippen LogP contribution in [0.2, 0.25) is 0 Å². The molecule has 2 N–H and O–H groups in total. The number of nitrogens with one attached hydrogen (secondary N) is 2. The first-order valence-corrected chi connectivity index (χ1v) is 8.01. The van der Waals surface area contributed by atoms with Crippen molar-refractivity contribution < 1.29 is 38.2 Å². The molecule has 10 nitrogen and oxygen atoms in total. The number of rotatable bonds is 9. The maximum absolute atomic E-state index is 12.0. The number of hydrogen-bond donors (Lipinski definition) is 2. The lowest BCUT2D eigenvalue weighted by Crippen LogP contribution is -2.43. The third-order valence-corrected chi connectivity index (χ3v) is 2.81. The molecule has 146 valence electrons. The van der Waals surface area contributed by atoms with E-state index in [1.165, 1.54) is 0 Å². The van der Waals surface area contributed by atoms with Crippen LogP contribution in [0, 0.1) is 10.9 Å². The Bertz CT molecular complexity index is 575. The van der Waals surface area contributed by atoms with Gasteiger partial charge in [0.05, 0.1) is 21.8 Å². The van der Waals surface area contributed by atoms with Crippen molar-refractivity contribution in [2.75, 3.05) is 6.79 Å². The van der Waals surface area contributed by atoms with Crippen LogP contribution in [-0.4, -0.2) is 53.8 Å². The van der Waals surface area contributed by atoms with E-state index in [9.17, 15) is 19.2 Å². The molecular weight excluding hydrogens is 346 g/mol. The third-order valence-electron chi connectivity index (χ3n) is 2.81. The lowest BCUT2D eigenvalue weighted by molar-refractivity contribution is -0.161. The zero-order valence-electron chi connectivity index (χ0n) is 15.7. The summed E-state index contributed by atoms with van der Waals surface area (Å²) in [5.74, 6) is -1.77. The fourth-order valence-corrected chi connectivity index (χ4v) is 1.52. The topological polar surface area (TPSA) is 146 Å². The first-order valence-electron chi connectivity index (χ1n) is 8.01. The van der Waals surface area contributed by atoms with E-state index in [0.29, 0.717) is 0 Å². The van der Waals surface area contributed by atoms with Crippen molar-refractivity contribution in [3.8, 4) is 0 Å². The molecular formula is C16H26N3O7+. The highest BCUT2D eigenvalue weighted by atomic mass is 16.7. The van der Waals surface area contributed by atoms with E-state index in [-0.39, 0.29) is 12.8 Å². The molecule has 0 saturated carbocycles. The molecule has 0 saturated heterocycles. The molecule has 0 radical (unpaired) electrons. The summed E-state index contributed by atoms with van der Waals surface area (Å²) in [6.07, 6.45) is -0.804. The summed E-state index contributed by atoms with van der Waals surface area (Å²) < 4.78 is 14.5. The van der Waals surface area contributed by atoms with Crippen LogP contribution < -0.4 is 5.32 Å². The van der Waals surface area contributed by atoms with Crippen LogP contribution in [0.4, 0.5) is 4.79 Å². The van der Waals surface area contributed by atoms with Crippen molar-refractivity contribution in [2.24, 2.45) is 5.41 Å². The SMILES string of the molecule is CC(C)OC(=O)[C@H](CCC(=O)C=[N+]=N)NC(=O)OCOC(=O)C(C)(C)C. The molecule has 0 unspecified atom stereocenters. The predicted molar refractivity (Wildman–Crippen MR) is 88.3 cm³/mol. The number of esters is 2.